The lowest BCUT2D eigenvalue weighted by Crippen LogP contribution is -2.36. The molecule has 4 nitrogen and oxygen atoms in total. The van der Waals surface area contributed by atoms with Gasteiger partial charge in [0.25, 0.3) is 0 Å². The van der Waals surface area contributed by atoms with Crippen LogP contribution in [0.2, 0.25) is 0 Å². The van der Waals surface area contributed by atoms with E-state index in [0.29, 0.717) is 6.04 Å². The Bertz CT molecular complexity index is 293. The number of rotatable bonds is 2. The van der Waals surface area contributed by atoms with Crippen molar-refractivity contribution in [2.45, 2.75) is 19.5 Å². The summed E-state index contributed by atoms with van der Waals surface area (Å²) in [5.41, 5.74) is 1.84. The number of aromatic nitrogens is 1. The molecule has 2 rings (SSSR count). The number of nitrogens with zero attached hydrogens (tertiary/aromatic N) is 2. The van der Waals surface area contributed by atoms with Crippen molar-refractivity contribution in [1.29, 1.82) is 0 Å². The average Bonchev–Trinajstić information content (AvgIpc) is 2.71. The predicted molar refractivity (Wildman–Crippen MR) is 53.9 cm³/mol. The van der Waals surface area contributed by atoms with Crippen LogP contribution in [0.5, 0.6) is 0 Å². The van der Waals surface area contributed by atoms with E-state index in [1.54, 1.807) is 11.3 Å². The fraction of sp³-hybridized carbons (Fsp3) is 0.500. The Morgan fingerprint density at radius 3 is 3.31 bits per heavy atom. The SMILES string of the molecule is CC1CN=C(NCc2cncs2)N1. The lowest BCUT2D eigenvalue weighted by molar-refractivity contribution is 0.714. The van der Waals surface area contributed by atoms with Gasteiger partial charge >= 0.3 is 0 Å². The molecule has 70 valence electrons. The predicted octanol–water partition coefficient (Wildman–Crippen LogP) is 0.580. The minimum atomic E-state index is 0.462. The Kier molecular flexibility index (Phi) is 2.44. The fourth-order valence-corrected chi connectivity index (χ4v) is 1.69. The molecule has 0 saturated heterocycles. The van der Waals surface area contributed by atoms with Crippen molar-refractivity contribution in [2.75, 3.05) is 6.54 Å². The molecule has 0 fully saturated rings. The van der Waals surface area contributed by atoms with E-state index in [4.69, 9.17) is 0 Å². The van der Waals surface area contributed by atoms with E-state index < -0.39 is 0 Å². The van der Waals surface area contributed by atoms with Gasteiger partial charge in [0.15, 0.2) is 5.96 Å². The summed E-state index contributed by atoms with van der Waals surface area (Å²) in [5.74, 6) is 0.904. The lowest BCUT2D eigenvalue weighted by Gasteiger charge is -2.06. The van der Waals surface area contributed by atoms with Crippen LogP contribution in [-0.2, 0) is 6.54 Å². The van der Waals surface area contributed by atoms with Crippen molar-refractivity contribution in [3.63, 3.8) is 0 Å². The number of nitrogens with one attached hydrogen (secondary N) is 2. The fourth-order valence-electron chi connectivity index (χ4n) is 1.16. The van der Waals surface area contributed by atoms with Gasteiger partial charge < -0.3 is 10.6 Å². The van der Waals surface area contributed by atoms with Crippen LogP contribution >= 0.6 is 11.3 Å². The molecule has 0 aromatic carbocycles. The molecule has 0 bridgehead atoms. The summed E-state index contributed by atoms with van der Waals surface area (Å²) in [6.45, 7) is 3.79. The van der Waals surface area contributed by atoms with Crippen molar-refractivity contribution < 1.29 is 0 Å². The Labute approximate surface area is 81.1 Å². The molecule has 2 N–H and O–H groups in total. The second-order valence-electron chi connectivity index (χ2n) is 3.06. The highest BCUT2D eigenvalue weighted by Gasteiger charge is 2.11. The van der Waals surface area contributed by atoms with Gasteiger partial charge in [-0.1, -0.05) is 0 Å². The van der Waals surface area contributed by atoms with E-state index in [1.165, 1.54) is 4.88 Å². The van der Waals surface area contributed by atoms with Gasteiger partial charge in [-0.25, -0.2) is 0 Å². The topological polar surface area (TPSA) is 49.3 Å². The average molecular weight is 196 g/mol. The van der Waals surface area contributed by atoms with Crippen LogP contribution in [0.4, 0.5) is 0 Å². The maximum Gasteiger partial charge on any atom is 0.191 e. The van der Waals surface area contributed by atoms with Gasteiger partial charge in [-0.15, -0.1) is 11.3 Å². The normalized spacial score (nSPS) is 21.0. The van der Waals surface area contributed by atoms with E-state index in [1.807, 2.05) is 11.7 Å². The second-order valence-corrected chi connectivity index (χ2v) is 4.03. The Morgan fingerprint density at radius 1 is 1.77 bits per heavy atom. The first kappa shape index (κ1) is 8.50. The van der Waals surface area contributed by atoms with Crippen LogP contribution in [0.1, 0.15) is 11.8 Å². The van der Waals surface area contributed by atoms with Crippen molar-refractivity contribution in [3.05, 3.63) is 16.6 Å². The van der Waals surface area contributed by atoms with Crippen LogP contribution in [0, 0.1) is 0 Å². The number of hydrogen-bond donors (Lipinski definition) is 2. The molecule has 1 aromatic rings. The molecule has 0 saturated carbocycles. The third-order valence-corrected chi connectivity index (χ3v) is 2.60. The Balaban J connectivity index is 1.81. The van der Waals surface area contributed by atoms with Gasteiger partial charge in [0.2, 0.25) is 0 Å². The molecular weight excluding hydrogens is 184 g/mol. The summed E-state index contributed by atoms with van der Waals surface area (Å²) < 4.78 is 0. The first-order valence-corrected chi connectivity index (χ1v) is 5.15. The van der Waals surface area contributed by atoms with Crippen LogP contribution in [-0.4, -0.2) is 23.5 Å². The zero-order valence-electron chi connectivity index (χ0n) is 7.45. The maximum absolute atomic E-state index is 4.29. The quantitative estimate of drug-likeness (QED) is 0.727. The smallest absolute Gasteiger partial charge is 0.191 e. The molecule has 2 heterocycles. The van der Waals surface area contributed by atoms with Crippen LogP contribution in [0.3, 0.4) is 0 Å². The minimum absolute atomic E-state index is 0.462. The summed E-state index contributed by atoms with van der Waals surface area (Å²) in [6, 6.07) is 0.462. The number of aliphatic imine (C=N–C) groups is 1. The van der Waals surface area contributed by atoms with Crippen LogP contribution < -0.4 is 10.6 Å². The summed E-state index contributed by atoms with van der Waals surface area (Å²) in [5, 5.41) is 6.46. The van der Waals surface area contributed by atoms with Crippen LogP contribution in [0.25, 0.3) is 0 Å². The molecule has 1 atom stereocenters. The largest absolute Gasteiger partial charge is 0.352 e. The van der Waals surface area contributed by atoms with Gasteiger partial charge in [0.05, 0.1) is 18.6 Å². The maximum atomic E-state index is 4.29. The molecule has 1 aliphatic heterocycles. The second kappa shape index (κ2) is 3.74. The van der Waals surface area contributed by atoms with E-state index in [2.05, 4.69) is 27.5 Å². The van der Waals surface area contributed by atoms with Crippen molar-refractivity contribution in [2.24, 2.45) is 4.99 Å². The zero-order chi connectivity index (χ0) is 9.10. The molecular formula is C8H12N4S. The van der Waals surface area contributed by atoms with Crippen molar-refractivity contribution >= 4 is 17.3 Å². The summed E-state index contributed by atoms with van der Waals surface area (Å²) >= 11 is 1.65. The van der Waals surface area contributed by atoms with E-state index in [0.717, 1.165) is 19.0 Å². The molecule has 5 heteroatoms. The number of thiazole rings is 1. The highest BCUT2D eigenvalue weighted by molar-refractivity contribution is 7.09. The van der Waals surface area contributed by atoms with Crippen molar-refractivity contribution in [3.8, 4) is 0 Å². The van der Waals surface area contributed by atoms with Gasteiger partial charge in [-0.3, -0.25) is 9.98 Å². The molecule has 1 unspecified atom stereocenters. The highest BCUT2D eigenvalue weighted by atomic mass is 32.1. The van der Waals surface area contributed by atoms with Gasteiger partial charge in [0.1, 0.15) is 0 Å². The highest BCUT2D eigenvalue weighted by Crippen LogP contribution is 2.04. The van der Waals surface area contributed by atoms with E-state index in [-0.39, 0.29) is 0 Å². The minimum Gasteiger partial charge on any atom is -0.352 e. The molecule has 1 aliphatic rings. The van der Waals surface area contributed by atoms with Gasteiger partial charge in [-0.2, -0.15) is 0 Å². The Hall–Kier alpha value is -1.10. The molecule has 0 amide bonds. The molecule has 0 spiro atoms. The Morgan fingerprint density at radius 2 is 2.69 bits per heavy atom. The standard InChI is InChI=1S/C8H12N4S/c1-6-2-10-8(12-6)11-4-7-3-9-5-13-7/h3,5-6H,2,4H2,1H3,(H2,10,11,12). The van der Waals surface area contributed by atoms with Gasteiger partial charge in [-0.05, 0) is 6.92 Å². The first-order chi connectivity index (χ1) is 6.34. The molecule has 0 aliphatic carbocycles. The molecule has 1 aromatic heterocycles. The lowest BCUT2D eigenvalue weighted by atomic mass is 10.4. The number of guanidine groups is 1. The third-order valence-electron chi connectivity index (χ3n) is 1.82. The summed E-state index contributed by atoms with van der Waals surface area (Å²) in [6.07, 6.45) is 1.87. The summed E-state index contributed by atoms with van der Waals surface area (Å²) in [4.78, 5) is 9.52. The first-order valence-electron chi connectivity index (χ1n) is 4.27. The number of hydrogen-bond acceptors (Lipinski definition) is 5. The van der Waals surface area contributed by atoms with Crippen LogP contribution in [0.15, 0.2) is 16.7 Å². The summed E-state index contributed by atoms with van der Waals surface area (Å²) in [7, 11) is 0. The molecule has 13 heavy (non-hydrogen) atoms. The molecule has 0 radical (unpaired) electrons. The van der Waals surface area contributed by atoms with E-state index >= 15 is 0 Å². The van der Waals surface area contributed by atoms with E-state index in [9.17, 15) is 0 Å². The third kappa shape index (κ3) is 2.18. The van der Waals surface area contributed by atoms with Crippen molar-refractivity contribution in [1.82, 2.24) is 15.6 Å². The zero-order valence-corrected chi connectivity index (χ0v) is 8.27. The monoisotopic (exact) mass is 196 g/mol. The van der Waals surface area contributed by atoms with Gasteiger partial charge in [0, 0.05) is 17.1 Å².